The second-order valence-electron chi connectivity index (χ2n) is 6.65. The first-order chi connectivity index (χ1) is 13.5. The van der Waals surface area contributed by atoms with Crippen molar-refractivity contribution in [2.75, 3.05) is 19.0 Å². The van der Waals surface area contributed by atoms with Gasteiger partial charge in [-0.05, 0) is 30.7 Å². The molecule has 0 saturated carbocycles. The van der Waals surface area contributed by atoms with Gasteiger partial charge in [0.25, 0.3) is 0 Å². The number of aliphatic imine (C=N–C) groups is 1. The maximum Gasteiger partial charge on any atom is 0.363 e. The highest BCUT2D eigenvalue weighted by Gasteiger charge is 2.30. The second-order valence-corrected chi connectivity index (χ2v) is 6.65. The summed E-state index contributed by atoms with van der Waals surface area (Å²) in [6.45, 7) is 1.77. The van der Waals surface area contributed by atoms with Crippen molar-refractivity contribution >= 4 is 23.6 Å². The molecule has 0 atom stereocenters. The van der Waals surface area contributed by atoms with Gasteiger partial charge in [-0.25, -0.2) is 9.79 Å². The van der Waals surface area contributed by atoms with E-state index in [0.717, 1.165) is 16.8 Å². The fraction of sp³-hybridized carbons (Fsp3) is 0.136. The third-order valence-corrected chi connectivity index (χ3v) is 4.46. The van der Waals surface area contributed by atoms with E-state index in [2.05, 4.69) is 10.1 Å². The summed E-state index contributed by atoms with van der Waals surface area (Å²) in [4.78, 5) is 18.8. The molecule has 140 valence electrons. The van der Waals surface area contributed by atoms with Crippen molar-refractivity contribution < 1.29 is 14.1 Å². The number of benzene rings is 2. The minimum atomic E-state index is -0.494. The fourth-order valence-corrected chi connectivity index (χ4v) is 2.96. The van der Waals surface area contributed by atoms with Gasteiger partial charge in [0.15, 0.2) is 5.70 Å². The largest absolute Gasteiger partial charge is 0.402 e. The molecule has 2 heterocycles. The van der Waals surface area contributed by atoms with Crippen molar-refractivity contribution in [3.8, 4) is 11.3 Å². The molecule has 0 bridgehead atoms. The molecule has 0 spiro atoms. The number of nitrogens with zero attached hydrogens (tertiary/aromatic N) is 3. The monoisotopic (exact) mass is 373 g/mol. The summed E-state index contributed by atoms with van der Waals surface area (Å²) >= 11 is 0. The minimum Gasteiger partial charge on any atom is -0.402 e. The number of hydrogen-bond acceptors (Lipinski definition) is 6. The summed E-state index contributed by atoms with van der Waals surface area (Å²) in [5.41, 5.74) is 4.24. The number of carbonyl (C=O) groups is 1. The number of carbonyl (C=O) groups excluding carboxylic acids is 1. The predicted octanol–water partition coefficient (Wildman–Crippen LogP) is 4.06. The van der Waals surface area contributed by atoms with Crippen molar-refractivity contribution in [1.29, 1.82) is 0 Å². The van der Waals surface area contributed by atoms with Crippen LogP contribution >= 0.6 is 0 Å². The molecule has 6 nitrogen and oxygen atoms in total. The van der Waals surface area contributed by atoms with Crippen LogP contribution in [0.25, 0.3) is 17.3 Å². The van der Waals surface area contributed by atoms with Crippen LogP contribution in [-0.4, -0.2) is 31.1 Å². The molecule has 0 radical (unpaired) electrons. The van der Waals surface area contributed by atoms with Gasteiger partial charge < -0.3 is 14.2 Å². The van der Waals surface area contributed by atoms with Crippen LogP contribution in [0.15, 0.2) is 69.8 Å². The van der Waals surface area contributed by atoms with Gasteiger partial charge in [-0.2, -0.15) is 0 Å². The number of aryl methyl sites for hydroxylation is 1. The summed E-state index contributed by atoms with van der Waals surface area (Å²) in [6.07, 6.45) is 1.71. The molecule has 0 unspecified atom stereocenters. The Kier molecular flexibility index (Phi) is 4.53. The first-order valence-electron chi connectivity index (χ1n) is 8.85. The average Bonchev–Trinajstić information content (AvgIpc) is 3.25. The van der Waals surface area contributed by atoms with Crippen LogP contribution in [0.4, 0.5) is 5.69 Å². The van der Waals surface area contributed by atoms with E-state index in [1.165, 1.54) is 0 Å². The smallest absolute Gasteiger partial charge is 0.363 e. The molecule has 1 aliphatic rings. The van der Waals surface area contributed by atoms with E-state index in [1.807, 2.05) is 73.6 Å². The Morgan fingerprint density at radius 1 is 1.00 bits per heavy atom. The van der Waals surface area contributed by atoms with Crippen LogP contribution in [0, 0.1) is 6.92 Å². The number of cyclic esters (lactones) is 1. The SMILES string of the molecule is Cc1onc(-c2ccccc2)c1C1=N/C(=C/c2ccc(N(C)C)cc2)C(=O)O1. The highest BCUT2D eigenvalue weighted by molar-refractivity contribution is 6.15. The quantitative estimate of drug-likeness (QED) is 0.510. The molecule has 0 N–H and O–H groups in total. The number of esters is 1. The number of rotatable bonds is 4. The van der Waals surface area contributed by atoms with Gasteiger partial charge in [0, 0.05) is 25.3 Å². The average molecular weight is 373 g/mol. The number of aromatic nitrogens is 1. The number of hydrogen-bond donors (Lipinski definition) is 0. The molecular formula is C22H19N3O3. The van der Waals surface area contributed by atoms with Crippen molar-refractivity contribution in [3.05, 3.63) is 77.2 Å². The minimum absolute atomic E-state index is 0.207. The van der Waals surface area contributed by atoms with Crippen LogP contribution in [0.2, 0.25) is 0 Å². The summed E-state index contributed by atoms with van der Waals surface area (Å²) < 4.78 is 10.8. The molecule has 1 aliphatic heterocycles. The Hall–Kier alpha value is -3.67. The van der Waals surface area contributed by atoms with E-state index in [-0.39, 0.29) is 11.6 Å². The van der Waals surface area contributed by atoms with Gasteiger partial charge in [-0.3, -0.25) is 0 Å². The third kappa shape index (κ3) is 3.32. The zero-order valence-corrected chi connectivity index (χ0v) is 15.8. The van der Waals surface area contributed by atoms with Gasteiger partial charge in [0.05, 0.1) is 0 Å². The van der Waals surface area contributed by atoms with Crippen LogP contribution in [-0.2, 0) is 9.53 Å². The summed E-state index contributed by atoms with van der Waals surface area (Å²) in [5, 5.41) is 4.12. The Labute approximate surface area is 162 Å². The van der Waals surface area contributed by atoms with E-state index in [0.29, 0.717) is 17.0 Å². The van der Waals surface area contributed by atoms with Gasteiger partial charge in [-0.1, -0.05) is 47.6 Å². The normalized spacial score (nSPS) is 14.9. The van der Waals surface area contributed by atoms with Crippen molar-refractivity contribution in [2.24, 2.45) is 4.99 Å². The molecule has 0 amide bonds. The van der Waals surface area contributed by atoms with E-state index in [4.69, 9.17) is 9.26 Å². The molecule has 6 heteroatoms. The molecule has 0 saturated heterocycles. The van der Waals surface area contributed by atoms with Gasteiger partial charge in [-0.15, -0.1) is 0 Å². The van der Waals surface area contributed by atoms with Gasteiger partial charge >= 0.3 is 5.97 Å². The molecule has 0 aliphatic carbocycles. The second kappa shape index (κ2) is 7.15. The Morgan fingerprint density at radius 3 is 2.39 bits per heavy atom. The van der Waals surface area contributed by atoms with Crippen LogP contribution in [0.3, 0.4) is 0 Å². The molecule has 3 aromatic rings. The summed E-state index contributed by atoms with van der Waals surface area (Å²) in [7, 11) is 3.95. The van der Waals surface area contributed by atoms with E-state index < -0.39 is 5.97 Å². The lowest BCUT2D eigenvalue weighted by atomic mass is 10.1. The lowest BCUT2D eigenvalue weighted by molar-refractivity contribution is -0.129. The van der Waals surface area contributed by atoms with Crippen LogP contribution in [0.5, 0.6) is 0 Å². The van der Waals surface area contributed by atoms with Crippen molar-refractivity contribution in [1.82, 2.24) is 5.16 Å². The molecule has 4 rings (SSSR count). The first kappa shape index (κ1) is 17.7. The fourth-order valence-electron chi connectivity index (χ4n) is 2.96. The predicted molar refractivity (Wildman–Crippen MR) is 108 cm³/mol. The van der Waals surface area contributed by atoms with Crippen LogP contribution in [0.1, 0.15) is 16.9 Å². The summed E-state index contributed by atoms with van der Waals surface area (Å²) in [6, 6.07) is 17.4. The zero-order chi connectivity index (χ0) is 19.7. The molecule has 2 aromatic carbocycles. The first-order valence-corrected chi connectivity index (χ1v) is 8.85. The lowest BCUT2D eigenvalue weighted by Gasteiger charge is -2.11. The van der Waals surface area contributed by atoms with Gasteiger partial charge in [0.2, 0.25) is 5.90 Å². The molecular weight excluding hydrogens is 354 g/mol. The maximum atomic E-state index is 12.4. The molecule has 28 heavy (non-hydrogen) atoms. The number of ether oxygens (including phenoxy) is 1. The number of anilines is 1. The van der Waals surface area contributed by atoms with Crippen molar-refractivity contribution in [2.45, 2.75) is 6.92 Å². The third-order valence-electron chi connectivity index (χ3n) is 4.46. The maximum absolute atomic E-state index is 12.4. The van der Waals surface area contributed by atoms with E-state index in [1.54, 1.807) is 13.0 Å². The highest BCUT2D eigenvalue weighted by atomic mass is 16.6. The van der Waals surface area contributed by atoms with Gasteiger partial charge in [0.1, 0.15) is 17.0 Å². The molecule has 0 fully saturated rings. The van der Waals surface area contributed by atoms with Crippen LogP contribution < -0.4 is 4.90 Å². The van der Waals surface area contributed by atoms with Crippen molar-refractivity contribution in [3.63, 3.8) is 0 Å². The zero-order valence-electron chi connectivity index (χ0n) is 15.8. The topological polar surface area (TPSA) is 67.9 Å². The Morgan fingerprint density at radius 2 is 1.71 bits per heavy atom. The highest BCUT2D eigenvalue weighted by Crippen LogP contribution is 2.29. The Bertz CT molecular complexity index is 1080. The molecule has 1 aromatic heterocycles. The van der Waals surface area contributed by atoms with E-state index >= 15 is 0 Å². The lowest BCUT2D eigenvalue weighted by Crippen LogP contribution is -2.08. The standard InChI is InChI=1S/C22H19N3O3/c1-14-19(20(24-28-14)16-7-5-4-6-8-16)21-23-18(22(26)27-21)13-15-9-11-17(12-10-15)25(2)3/h4-13H,1-3H3/b18-13+. The Balaban J connectivity index is 1.70. The van der Waals surface area contributed by atoms with E-state index in [9.17, 15) is 4.79 Å². The summed E-state index contributed by atoms with van der Waals surface area (Å²) in [5.74, 6) is 0.257.